The Bertz CT molecular complexity index is 1110. The van der Waals surface area contributed by atoms with Gasteiger partial charge in [-0.3, -0.25) is 10.2 Å². The summed E-state index contributed by atoms with van der Waals surface area (Å²) < 4.78 is 5.71. The number of nitrogens with one attached hydrogen (secondary N) is 4. The van der Waals surface area contributed by atoms with Crippen molar-refractivity contribution in [2.24, 2.45) is 5.73 Å². The maximum atomic E-state index is 13.1. The number of hydrogen-bond acceptors (Lipinski definition) is 5. The van der Waals surface area contributed by atoms with Crippen LogP contribution in [-0.2, 0) is 9.59 Å². The van der Waals surface area contributed by atoms with E-state index < -0.39 is 18.1 Å². The molecule has 3 rings (SSSR count). The van der Waals surface area contributed by atoms with E-state index in [4.69, 9.17) is 15.9 Å². The molecule has 3 aromatic carbocycles. The van der Waals surface area contributed by atoms with Crippen LogP contribution in [0.15, 0.2) is 72.8 Å². The number of para-hydroxylation sites is 1. The highest BCUT2D eigenvalue weighted by Crippen LogP contribution is 2.25. The predicted molar refractivity (Wildman–Crippen MR) is 145 cm³/mol. The molecule has 0 heterocycles. The Hall–Kier alpha value is -3.49. The highest BCUT2D eigenvalue weighted by Gasteiger charge is 2.25. The summed E-state index contributed by atoms with van der Waals surface area (Å²) in [7, 11) is 0. The van der Waals surface area contributed by atoms with Gasteiger partial charge in [-0.2, -0.15) is 0 Å². The van der Waals surface area contributed by atoms with E-state index in [1.807, 2.05) is 66.7 Å². The summed E-state index contributed by atoms with van der Waals surface area (Å²) in [6.07, 6.45) is 0.837. The molecule has 10 heteroatoms. The molecule has 188 valence electrons. The minimum absolute atomic E-state index is 0. The number of amides is 1. The van der Waals surface area contributed by atoms with Crippen molar-refractivity contribution in [3.05, 3.63) is 72.8 Å². The smallest absolute Gasteiger partial charge is 0.334 e. The first-order valence-electron chi connectivity index (χ1n) is 10.8. The average molecular weight is 520 g/mol. The van der Waals surface area contributed by atoms with E-state index in [0.29, 0.717) is 25.1 Å². The zero-order chi connectivity index (χ0) is 23.6. The fraction of sp³-hybridized carbons (Fsp3) is 0.240. The topological polar surface area (TPSA) is 129 Å². The van der Waals surface area contributed by atoms with Gasteiger partial charge in [0, 0.05) is 17.6 Å². The van der Waals surface area contributed by atoms with Crippen LogP contribution in [0.4, 0.5) is 5.69 Å². The first-order chi connectivity index (χ1) is 15.9. The molecule has 0 aliphatic heterocycles. The van der Waals surface area contributed by atoms with E-state index in [0.717, 1.165) is 16.5 Å². The average Bonchev–Trinajstić information content (AvgIpc) is 2.81. The summed E-state index contributed by atoms with van der Waals surface area (Å²) in [4.78, 5) is 25.9. The molecule has 0 spiro atoms. The van der Waals surface area contributed by atoms with Gasteiger partial charge in [0.25, 0.3) is 0 Å². The minimum Gasteiger partial charge on any atom is -0.424 e. The number of carbonyl (C=O) groups excluding carboxylic acids is 2. The number of rotatable bonds is 10. The van der Waals surface area contributed by atoms with Crippen molar-refractivity contribution in [2.75, 3.05) is 11.9 Å². The lowest BCUT2D eigenvalue weighted by Crippen LogP contribution is -2.48. The molecule has 2 atom stereocenters. The summed E-state index contributed by atoms with van der Waals surface area (Å²) in [6.45, 7) is 2.13. The number of hydrogen-bond donors (Lipinski definition) is 5. The van der Waals surface area contributed by atoms with Crippen molar-refractivity contribution in [1.82, 2.24) is 10.6 Å². The van der Waals surface area contributed by atoms with Gasteiger partial charge in [0.1, 0.15) is 17.8 Å². The molecule has 0 fully saturated rings. The molecule has 35 heavy (non-hydrogen) atoms. The minimum atomic E-state index is -0.856. The Morgan fingerprint density at radius 2 is 1.63 bits per heavy atom. The van der Waals surface area contributed by atoms with E-state index >= 15 is 0 Å². The third kappa shape index (κ3) is 8.99. The van der Waals surface area contributed by atoms with Gasteiger partial charge >= 0.3 is 5.97 Å². The molecule has 8 nitrogen and oxygen atoms in total. The Morgan fingerprint density at radius 3 is 2.34 bits per heavy atom. The zero-order valence-electron chi connectivity index (χ0n) is 19.3. The van der Waals surface area contributed by atoms with Gasteiger partial charge in [-0.05, 0) is 43.4 Å². The largest absolute Gasteiger partial charge is 0.424 e. The number of halogens is 2. The van der Waals surface area contributed by atoms with Gasteiger partial charge in [-0.25, -0.2) is 4.79 Å². The van der Waals surface area contributed by atoms with Crippen LogP contribution in [0.2, 0.25) is 0 Å². The maximum absolute atomic E-state index is 13.1. The van der Waals surface area contributed by atoms with Crippen molar-refractivity contribution < 1.29 is 14.3 Å². The zero-order valence-corrected chi connectivity index (χ0v) is 21.0. The summed E-state index contributed by atoms with van der Waals surface area (Å²) in [5.74, 6) is -0.572. The second-order valence-electron chi connectivity index (χ2n) is 7.67. The Labute approximate surface area is 217 Å². The third-order valence-corrected chi connectivity index (χ3v) is 5.10. The van der Waals surface area contributed by atoms with Crippen LogP contribution in [0.1, 0.15) is 19.8 Å². The van der Waals surface area contributed by atoms with E-state index in [1.54, 1.807) is 13.0 Å². The van der Waals surface area contributed by atoms with E-state index in [1.165, 1.54) is 0 Å². The van der Waals surface area contributed by atoms with Crippen LogP contribution in [-0.4, -0.2) is 36.5 Å². The van der Waals surface area contributed by atoms with Crippen LogP contribution in [0.5, 0.6) is 5.75 Å². The maximum Gasteiger partial charge on any atom is 0.334 e. The van der Waals surface area contributed by atoms with Crippen molar-refractivity contribution >= 4 is 59.1 Å². The molecule has 0 bridgehead atoms. The number of nitrogens with two attached hydrogens (primary N) is 1. The summed E-state index contributed by atoms with van der Waals surface area (Å²) in [6, 6.07) is 21.1. The number of ether oxygens (including phenoxy) is 1. The molecule has 0 aliphatic rings. The van der Waals surface area contributed by atoms with E-state index in [-0.39, 0.29) is 36.7 Å². The van der Waals surface area contributed by atoms with E-state index in [9.17, 15) is 9.59 Å². The normalized spacial score (nSPS) is 11.7. The number of esters is 1. The quantitative estimate of drug-likeness (QED) is 0.0909. The molecular formula is C25H31Cl2N5O3. The predicted octanol–water partition coefficient (Wildman–Crippen LogP) is 3.84. The standard InChI is InChI=1S/C25H29N5O3.2ClH/c1-17(29-19-11-3-2-4-12-19)23(31)30-21(14-8-16-28-25(26)27)24(32)33-22-15-7-10-18-9-5-6-13-20(18)22;;/h2-7,9-13,15,17,21,29H,8,14,16H2,1H3,(H,30,31)(H4,26,27,28);2*1H/t17-,21-;;/m0../s1. The molecule has 1 amide bonds. The third-order valence-electron chi connectivity index (χ3n) is 5.10. The van der Waals surface area contributed by atoms with Gasteiger partial charge in [0.05, 0.1) is 0 Å². The molecule has 6 N–H and O–H groups in total. The van der Waals surface area contributed by atoms with Crippen LogP contribution < -0.4 is 26.4 Å². The summed E-state index contributed by atoms with van der Waals surface area (Å²) >= 11 is 0. The molecule has 0 aromatic heterocycles. The van der Waals surface area contributed by atoms with Crippen molar-refractivity contribution in [1.29, 1.82) is 5.41 Å². The molecule has 0 saturated heterocycles. The van der Waals surface area contributed by atoms with Crippen molar-refractivity contribution in [3.63, 3.8) is 0 Å². The second kappa shape index (κ2) is 14.7. The SMILES string of the molecule is C[C@H](Nc1ccccc1)C(=O)N[C@@H](CCCNC(=N)N)C(=O)Oc1cccc2ccccc12.Cl.Cl. The molecule has 0 unspecified atom stereocenters. The summed E-state index contributed by atoms with van der Waals surface area (Å²) in [5, 5.41) is 17.7. The van der Waals surface area contributed by atoms with Gasteiger partial charge in [-0.15, -0.1) is 24.8 Å². The Balaban J connectivity index is 0.00000306. The number of fused-ring (bicyclic) bond motifs is 1. The van der Waals surface area contributed by atoms with Gasteiger partial charge in [-0.1, -0.05) is 54.6 Å². The lowest BCUT2D eigenvalue weighted by molar-refractivity contribution is -0.139. The Kier molecular flexibility index (Phi) is 12.4. The fourth-order valence-corrected chi connectivity index (χ4v) is 3.39. The molecule has 3 aromatic rings. The number of benzene rings is 3. The van der Waals surface area contributed by atoms with Gasteiger partial charge in [0.15, 0.2) is 5.96 Å². The second-order valence-corrected chi connectivity index (χ2v) is 7.67. The van der Waals surface area contributed by atoms with Crippen LogP contribution in [0.3, 0.4) is 0 Å². The first kappa shape index (κ1) is 29.5. The molecular weight excluding hydrogens is 489 g/mol. The van der Waals surface area contributed by atoms with Crippen LogP contribution >= 0.6 is 24.8 Å². The van der Waals surface area contributed by atoms with E-state index in [2.05, 4.69) is 16.0 Å². The number of carbonyl (C=O) groups is 2. The van der Waals surface area contributed by atoms with Gasteiger partial charge < -0.3 is 26.4 Å². The van der Waals surface area contributed by atoms with Crippen LogP contribution in [0.25, 0.3) is 10.8 Å². The Morgan fingerprint density at radius 1 is 0.971 bits per heavy atom. The molecule has 0 aliphatic carbocycles. The molecule has 0 radical (unpaired) electrons. The van der Waals surface area contributed by atoms with Gasteiger partial charge in [0.2, 0.25) is 5.91 Å². The van der Waals surface area contributed by atoms with Crippen molar-refractivity contribution in [2.45, 2.75) is 31.8 Å². The number of guanidine groups is 1. The van der Waals surface area contributed by atoms with Crippen LogP contribution in [0, 0.1) is 5.41 Å². The fourth-order valence-electron chi connectivity index (χ4n) is 3.39. The monoisotopic (exact) mass is 519 g/mol. The lowest BCUT2D eigenvalue weighted by Gasteiger charge is -2.21. The molecule has 0 saturated carbocycles. The lowest BCUT2D eigenvalue weighted by atomic mass is 10.1. The first-order valence-corrected chi connectivity index (χ1v) is 10.8. The highest BCUT2D eigenvalue weighted by atomic mass is 35.5. The highest BCUT2D eigenvalue weighted by molar-refractivity contribution is 5.93. The van der Waals surface area contributed by atoms with Crippen molar-refractivity contribution in [3.8, 4) is 5.75 Å². The summed E-state index contributed by atoms with van der Waals surface area (Å²) in [5.41, 5.74) is 6.13. The number of anilines is 1.